The SMILES string of the molecule is CO[C@H](C=C(C)C)C[C@H](C)[C@@H]1CC[C@]2(C)C3=CC[C@H]4C(C)(C)C(=O)CC[C@]4(C)[C@H]3CC[C@@]12C. The number of methoxy groups -OCH3 is 1. The Morgan fingerprint density at radius 2 is 1.82 bits per heavy atom. The smallest absolute Gasteiger partial charge is 0.138 e. The molecule has 2 nitrogen and oxygen atoms in total. The van der Waals surface area contributed by atoms with E-state index < -0.39 is 0 Å². The summed E-state index contributed by atoms with van der Waals surface area (Å²) >= 11 is 0. The zero-order chi connectivity index (χ0) is 24.4. The number of fused-ring (bicyclic) bond motifs is 5. The maximum absolute atomic E-state index is 12.8. The number of ketones is 1. The van der Waals surface area contributed by atoms with Gasteiger partial charge in [-0.1, -0.05) is 64.8 Å². The van der Waals surface area contributed by atoms with Gasteiger partial charge in [-0.15, -0.1) is 0 Å². The largest absolute Gasteiger partial charge is 0.377 e. The molecule has 33 heavy (non-hydrogen) atoms. The lowest BCUT2D eigenvalue weighted by molar-refractivity contribution is -0.146. The fraction of sp³-hybridized carbons (Fsp3) is 0.839. The van der Waals surface area contributed by atoms with Crippen molar-refractivity contribution in [3.8, 4) is 0 Å². The van der Waals surface area contributed by atoms with E-state index in [1.165, 1.54) is 31.3 Å². The predicted molar refractivity (Wildman–Crippen MR) is 138 cm³/mol. The molecule has 0 bridgehead atoms. The number of carbonyl (C=O) groups is 1. The second-order valence-corrected chi connectivity index (χ2v) is 13.8. The van der Waals surface area contributed by atoms with E-state index in [1.54, 1.807) is 5.57 Å². The van der Waals surface area contributed by atoms with Crippen molar-refractivity contribution in [1.82, 2.24) is 0 Å². The maximum Gasteiger partial charge on any atom is 0.138 e. The lowest BCUT2D eigenvalue weighted by Crippen LogP contribution is -2.57. The lowest BCUT2D eigenvalue weighted by atomic mass is 9.41. The van der Waals surface area contributed by atoms with Crippen molar-refractivity contribution in [1.29, 1.82) is 0 Å². The number of Topliss-reactive ketones (excluding diaryl/α,β-unsaturated/α-hetero) is 1. The first-order valence-corrected chi connectivity index (χ1v) is 13.7. The van der Waals surface area contributed by atoms with E-state index in [1.807, 2.05) is 7.11 Å². The molecule has 0 heterocycles. The van der Waals surface area contributed by atoms with Crippen LogP contribution in [0.3, 0.4) is 0 Å². The Kier molecular flexibility index (Phi) is 6.38. The van der Waals surface area contributed by atoms with Crippen molar-refractivity contribution in [3.05, 3.63) is 23.3 Å². The molecule has 4 aliphatic rings. The van der Waals surface area contributed by atoms with Gasteiger partial charge in [0, 0.05) is 18.9 Å². The van der Waals surface area contributed by atoms with Crippen LogP contribution < -0.4 is 0 Å². The van der Waals surface area contributed by atoms with E-state index in [0.29, 0.717) is 34.4 Å². The van der Waals surface area contributed by atoms with Gasteiger partial charge in [0.1, 0.15) is 5.78 Å². The third kappa shape index (κ3) is 3.64. The maximum atomic E-state index is 12.8. The summed E-state index contributed by atoms with van der Waals surface area (Å²) in [5.74, 6) is 3.06. The van der Waals surface area contributed by atoms with Crippen LogP contribution in [-0.2, 0) is 9.53 Å². The molecule has 4 aliphatic carbocycles. The fourth-order valence-electron chi connectivity index (χ4n) is 9.60. The van der Waals surface area contributed by atoms with E-state index in [2.05, 4.69) is 67.5 Å². The van der Waals surface area contributed by atoms with Crippen molar-refractivity contribution < 1.29 is 9.53 Å². The highest BCUT2D eigenvalue weighted by Gasteiger charge is 2.65. The van der Waals surface area contributed by atoms with Crippen LogP contribution in [0.2, 0.25) is 0 Å². The van der Waals surface area contributed by atoms with E-state index >= 15 is 0 Å². The Balaban J connectivity index is 1.63. The Morgan fingerprint density at radius 3 is 2.45 bits per heavy atom. The zero-order valence-corrected chi connectivity index (χ0v) is 23.0. The van der Waals surface area contributed by atoms with Gasteiger partial charge in [-0.05, 0) is 98.7 Å². The van der Waals surface area contributed by atoms with Gasteiger partial charge in [0.05, 0.1) is 6.10 Å². The van der Waals surface area contributed by atoms with Crippen LogP contribution in [0, 0.1) is 45.3 Å². The van der Waals surface area contributed by atoms with Crippen molar-refractivity contribution in [3.63, 3.8) is 0 Å². The second-order valence-electron chi connectivity index (χ2n) is 13.8. The van der Waals surface area contributed by atoms with Gasteiger partial charge in [0.2, 0.25) is 0 Å². The summed E-state index contributed by atoms with van der Waals surface area (Å²) in [6.45, 7) is 19.1. The van der Waals surface area contributed by atoms with Crippen molar-refractivity contribution in [2.24, 2.45) is 45.3 Å². The average molecular weight is 455 g/mol. The third-order valence-corrected chi connectivity index (χ3v) is 11.8. The number of hydrogen-bond donors (Lipinski definition) is 0. The van der Waals surface area contributed by atoms with Gasteiger partial charge in [-0.3, -0.25) is 4.79 Å². The molecule has 3 fully saturated rings. The monoisotopic (exact) mass is 454 g/mol. The number of ether oxygens (including phenoxy) is 1. The number of hydrogen-bond acceptors (Lipinski definition) is 2. The normalized spacial score (nSPS) is 43.6. The summed E-state index contributed by atoms with van der Waals surface area (Å²) < 4.78 is 5.86. The molecule has 0 aromatic rings. The highest BCUT2D eigenvalue weighted by atomic mass is 16.5. The first-order valence-electron chi connectivity index (χ1n) is 13.7. The average Bonchev–Trinajstić information content (AvgIpc) is 3.02. The van der Waals surface area contributed by atoms with Gasteiger partial charge in [0.15, 0.2) is 0 Å². The zero-order valence-electron chi connectivity index (χ0n) is 23.0. The van der Waals surface area contributed by atoms with Crippen LogP contribution in [0.25, 0.3) is 0 Å². The standard InChI is InChI=1S/C31H50O2/c1-20(2)18-22(33-9)19-21(3)23-12-16-31(8)25-10-11-26-28(4,5)27(32)14-15-29(26,6)24(25)13-17-30(23,31)7/h10,18,21-24,26H,11-17,19H2,1-9H3/t21-,22+,23-,24-,26-,29+,30-,31+/m0/s1. The molecule has 0 radical (unpaired) electrons. The molecule has 0 aromatic heterocycles. The van der Waals surface area contributed by atoms with E-state index in [0.717, 1.165) is 31.6 Å². The minimum atomic E-state index is -0.177. The van der Waals surface area contributed by atoms with Crippen molar-refractivity contribution in [2.45, 2.75) is 113 Å². The van der Waals surface area contributed by atoms with Gasteiger partial charge >= 0.3 is 0 Å². The number of allylic oxidation sites excluding steroid dienone is 3. The van der Waals surface area contributed by atoms with Crippen molar-refractivity contribution >= 4 is 5.78 Å². The van der Waals surface area contributed by atoms with Crippen LogP contribution in [0.5, 0.6) is 0 Å². The summed E-state index contributed by atoms with van der Waals surface area (Å²) in [6, 6.07) is 0. The molecular formula is C31H50O2. The molecule has 0 unspecified atom stereocenters. The quantitative estimate of drug-likeness (QED) is 0.392. The van der Waals surface area contributed by atoms with Gasteiger partial charge in [-0.2, -0.15) is 0 Å². The minimum Gasteiger partial charge on any atom is -0.377 e. The first-order chi connectivity index (χ1) is 15.3. The molecule has 0 N–H and O–H groups in total. The molecule has 8 atom stereocenters. The van der Waals surface area contributed by atoms with Crippen LogP contribution in [-0.4, -0.2) is 19.0 Å². The summed E-state index contributed by atoms with van der Waals surface area (Å²) in [6.07, 6.45) is 14.6. The molecule has 3 saturated carbocycles. The molecule has 0 amide bonds. The van der Waals surface area contributed by atoms with Crippen LogP contribution in [0.4, 0.5) is 0 Å². The van der Waals surface area contributed by atoms with Gasteiger partial charge in [-0.25, -0.2) is 0 Å². The van der Waals surface area contributed by atoms with Crippen LogP contribution >= 0.6 is 0 Å². The Hall–Kier alpha value is -0.890. The summed E-state index contributed by atoms with van der Waals surface area (Å²) in [5, 5.41) is 0. The number of rotatable bonds is 5. The fourth-order valence-corrected chi connectivity index (χ4v) is 9.60. The molecule has 0 aliphatic heterocycles. The lowest BCUT2D eigenvalue weighted by Gasteiger charge is -2.63. The second kappa shape index (κ2) is 8.35. The molecule has 4 rings (SSSR count). The Labute approximate surface area is 204 Å². The van der Waals surface area contributed by atoms with Crippen molar-refractivity contribution in [2.75, 3.05) is 7.11 Å². The highest BCUT2D eigenvalue weighted by molar-refractivity contribution is 5.85. The number of carbonyl (C=O) groups excluding carboxylic acids is 1. The van der Waals surface area contributed by atoms with E-state index in [9.17, 15) is 4.79 Å². The molecular weight excluding hydrogens is 404 g/mol. The van der Waals surface area contributed by atoms with Crippen LogP contribution in [0.1, 0.15) is 107 Å². The summed E-state index contributed by atoms with van der Waals surface area (Å²) in [7, 11) is 1.86. The highest BCUT2D eigenvalue weighted by Crippen LogP contribution is 2.73. The minimum absolute atomic E-state index is 0.177. The van der Waals surface area contributed by atoms with Crippen LogP contribution in [0.15, 0.2) is 23.3 Å². The van der Waals surface area contributed by atoms with Gasteiger partial charge < -0.3 is 4.74 Å². The summed E-state index contributed by atoms with van der Waals surface area (Å²) in [4.78, 5) is 12.8. The molecule has 0 aromatic carbocycles. The molecule has 186 valence electrons. The third-order valence-electron chi connectivity index (χ3n) is 11.8. The van der Waals surface area contributed by atoms with E-state index in [4.69, 9.17) is 4.74 Å². The molecule has 2 heteroatoms. The Bertz CT molecular complexity index is 845. The topological polar surface area (TPSA) is 26.3 Å². The predicted octanol–water partition coefficient (Wildman–Crippen LogP) is 8.17. The molecule has 0 spiro atoms. The first kappa shape index (κ1) is 25.2. The Morgan fingerprint density at radius 1 is 1.12 bits per heavy atom. The van der Waals surface area contributed by atoms with Gasteiger partial charge in [0.25, 0.3) is 0 Å². The molecule has 0 saturated heterocycles. The van der Waals surface area contributed by atoms with E-state index in [-0.39, 0.29) is 16.9 Å². The summed E-state index contributed by atoms with van der Waals surface area (Å²) in [5.41, 5.74) is 3.89.